The molecule has 1 aliphatic carbocycles. The van der Waals surface area contributed by atoms with Crippen LogP contribution in [0.3, 0.4) is 0 Å². The third-order valence-corrected chi connectivity index (χ3v) is 6.54. The van der Waals surface area contributed by atoms with Crippen LogP contribution in [0.2, 0.25) is 0 Å². The molecule has 1 aromatic carbocycles. The molecule has 3 heteroatoms. The van der Waals surface area contributed by atoms with E-state index in [1.54, 1.807) is 0 Å². The van der Waals surface area contributed by atoms with Gasteiger partial charge >= 0.3 is 0 Å². The number of benzene rings is 1. The van der Waals surface area contributed by atoms with Gasteiger partial charge in [-0.2, -0.15) is 0 Å². The molecule has 1 aliphatic heterocycles. The summed E-state index contributed by atoms with van der Waals surface area (Å²) in [4.78, 5) is 2.66. The Balaban J connectivity index is 1.58. The molecule has 2 aliphatic rings. The average molecular weight is 326 g/mol. The lowest BCUT2D eigenvalue weighted by Gasteiger charge is -2.56. The van der Waals surface area contributed by atoms with Gasteiger partial charge in [-0.3, -0.25) is 4.90 Å². The zero-order valence-corrected chi connectivity index (χ0v) is 15.5. The number of ether oxygens (including phenoxy) is 1. The van der Waals surface area contributed by atoms with E-state index in [4.69, 9.17) is 4.74 Å². The second kappa shape index (κ2) is 5.60. The molecule has 2 atom stereocenters. The molecular formula is C21H30N2O. The van der Waals surface area contributed by atoms with E-state index in [9.17, 15) is 0 Å². The Morgan fingerprint density at radius 3 is 2.79 bits per heavy atom. The summed E-state index contributed by atoms with van der Waals surface area (Å²) < 4.78 is 7.94. The van der Waals surface area contributed by atoms with Crippen LogP contribution in [-0.4, -0.2) is 36.3 Å². The Labute approximate surface area is 145 Å². The minimum Gasteiger partial charge on any atom is -0.384 e. The second-order valence-corrected chi connectivity index (χ2v) is 8.63. The molecule has 130 valence electrons. The third-order valence-electron chi connectivity index (χ3n) is 6.54. The maximum absolute atomic E-state index is 5.60. The molecule has 1 saturated heterocycles. The first-order chi connectivity index (χ1) is 11.5. The van der Waals surface area contributed by atoms with Crippen molar-refractivity contribution in [2.45, 2.75) is 40.3 Å². The number of nitrogens with zero attached hydrogens (tertiary/aromatic N) is 2. The smallest absolute Gasteiger partial charge is 0.0534 e. The summed E-state index contributed by atoms with van der Waals surface area (Å²) in [5.74, 6) is 0.768. The number of hydrogen-bond acceptors (Lipinski definition) is 2. The number of likely N-dealkylation sites (tertiary alicyclic amines) is 1. The highest BCUT2D eigenvalue weighted by atomic mass is 16.5. The van der Waals surface area contributed by atoms with Crippen molar-refractivity contribution < 1.29 is 4.74 Å². The molecule has 3 nitrogen and oxygen atoms in total. The van der Waals surface area contributed by atoms with Crippen molar-refractivity contribution >= 4 is 10.9 Å². The molecule has 0 bridgehead atoms. The van der Waals surface area contributed by atoms with E-state index in [2.05, 4.69) is 60.7 Å². The zero-order valence-electron chi connectivity index (χ0n) is 15.5. The summed E-state index contributed by atoms with van der Waals surface area (Å²) in [6.07, 6.45) is 3.52. The van der Waals surface area contributed by atoms with E-state index >= 15 is 0 Å². The number of methoxy groups -OCH3 is 1. The van der Waals surface area contributed by atoms with Gasteiger partial charge in [0.1, 0.15) is 0 Å². The van der Waals surface area contributed by atoms with Crippen LogP contribution < -0.4 is 0 Å². The van der Waals surface area contributed by atoms with Crippen molar-refractivity contribution in [2.24, 2.45) is 16.7 Å². The van der Waals surface area contributed by atoms with Crippen LogP contribution in [0.1, 0.15) is 32.8 Å². The Hall–Kier alpha value is -1.32. The maximum Gasteiger partial charge on any atom is 0.0534 e. The summed E-state index contributed by atoms with van der Waals surface area (Å²) in [6, 6.07) is 9.04. The molecular weight excluding hydrogens is 296 g/mol. The quantitative estimate of drug-likeness (QED) is 0.821. The SMILES string of the molecule is CCn1ccc2c(CN3C[C@@H]4C(C)(C)C[C@]4(COC)C3)cccc21. The second-order valence-electron chi connectivity index (χ2n) is 8.63. The normalized spacial score (nSPS) is 28.9. The Morgan fingerprint density at radius 2 is 2.08 bits per heavy atom. The minimum atomic E-state index is 0.390. The van der Waals surface area contributed by atoms with Crippen molar-refractivity contribution in [3.05, 3.63) is 36.0 Å². The lowest BCUT2D eigenvalue weighted by Crippen LogP contribution is -2.55. The molecule has 0 radical (unpaired) electrons. The minimum absolute atomic E-state index is 0.390. The summed E-state index contributed by atoms with van der Waals surface area (Å²) in [6.45, 7) is 12.5. The van der Waals surface area contributed by atoms with E-state index in [0.29, 0.717) is 10.8 Å². The van der Waals surface area contributed by atoms with Crippen LogP contribution in [0.25, 0.3) is 10.9 Å². The van der Waals surface area contributed by atoms with E-state index in [0.717, 1.165) is 25.6 Å². The van der Waals surface area contributed by atoms with E-state index in [-0.39, 0.29) is 0 Å². The van der Waals surface area contributed by atoms with Gasteiger partial charge in [-0.25, -0.2) is 0 Å². The molecule has 0 spiro atoms. The average Bonchev–Trinajstić information content (AvgIpc) is 3.08. The predicted molar refractivity (Wildman–Crippen MR) is 99.1 cm³/mol. The third kappa shape index (κ3) is 2.33. The fraction of sp³-hybridized carbons (Fsp3) is 0.619. The molecule has 2 aromatic rings. The van der Waals surface area contributed by atoms with Gasteiger partial charge in [0.15, 0.2) is 0 Å². The molecule has 0 N–H and O–H groups in total. The highest BCUT2D eigenvalue weighted by Crippen LogP contribution is 2.62. The van der Waals surface area contributed by atoms with Crippen molar-refractivity contribution in [2.75, 3.05) is 26.8 Å². The van der Waals surface area contributed by atoms with Crippen molar-refractivity contribution in [1.82, 2.24) is 9.47 Å². The van der Waals surface area contributed by atoms with Gasteiger partial charge < -0.3 is 9.30 Å². The van der Waals surface area contributed by atoms with Gasteiger partial charge in [-0.1, -0.05) is 26.0 Å². The summed E-state index contributed by atoms with van der Waals surface area (Å²) in [7, 11) is 1.86. The lowest BCUT2D eigenvalue weighted by atomic mass is 9.48. The first kappa shape index (κ1) is 16.2. The predicted octanol–water partition coefficient (Wildman–Crippen LogP) is 4.16. The van der Waals surface area contributed by atoms with Gasteiger partial charge in [-0.05, 0) is 42.4 Å². The number of hydrogen-bond donors (Lipinski definition) is 0. The van der Waals surface area contributed by atoms with E-state index in [1.165, 1.54) is 36.0 Å². The molecule has 0 unspecified atom stereocenters. The van der Waals surface area contributed by atoms with Crippen molar-refractivity contribution in [3.8, 4) is 0 Å². The topological polar surface area (TPSA) is 17.4 Å². The van der Waals surface area contributed by atoms with Gasteiger partial charge in [-0.15, -0.1) is 0 Å². The van der Waals surface area contributed by atoms with Crippen molar-refractivity contribution in [3.63, 3.8) is 0 Å². The standard InChI is InChI=1S/C21H30N2O/c1-5-23-10-9-17-16(7-6-8-18(17)23)11-22-12-19-20(2,3)13-21(19,14-22)15-24-4/h6-10,19H,5,11-15H2,1-4H3/t19-,21-/m1/s1. The van der Waals surface area contributed by atoms with E-state index in [1.807, 2.05) is 7.11 Å². The Morgan fingerprint density at radius 1 is 1.25 bits per heavy atom. The fourth-order valence-electron chi connectivity index (χ4n) is 5.77. The molecule has 1 saturated carbocycles. The fourth-order valence-corrected chi connectivity index (χ4v) is 5.77. The molecule has 2 heterocycles. The number of rotatable bonds is 5. The Bertz CT molecular complexity index is 747. The van der Waals surface area contributed by atoms with Gasteiger partial charge in [0, 0.05) is 55.8 Å². The number of aromatic nitrogens is 1. The summed E-state index contributed by atoms with van der Waals surface area (Å²) in [5.41, 5.74) is 3.68. The molecule has 2 fully saturated rings. The lowest BCUT2D eigenvalue weighted by molar-refractivity contribution is -0.107. The number of fused-ring (bicyclic) bond motifs is 2. The summed E-state index contributed by atoms with van der Waals surface area (Å²) >= 11 is 0. The van der Waals surface area contributed by atoms with Gasteiger partial charge in [0.25, 0.3) is 0 Å². The maximum atomic E-state index is 5.60. The zero-order chi connectivity index (χ0) is 16.9. The monoisotopic (exact) mass is 326 g/mol. The molecule has 0 amide bonds. The van der Waals surface area contributed by atoms with Crippen LogP contribution in [0.15, 0.2) is 30.5 Å². The highest BCUT2D eigenvalue weighted by molar-refractivity contribution is 5.83. The molecule has 4 rings (SSSR count). The van der Waals surface area contributed by atoms with Gasteiger partial charge in [0.2, 0.25) is 0 Å². The molecule has 24 heavy (non-hydrogen) atoms. The van der Waals surface area contributed by atoms with E-state index < -0.39 is 0 Å². The largest absolute Gasteiger partial charge is 0.384 e. The summed E-state index contributed by atoms with van der Waals surface area (Å²) in [5, 5.41) is 1.42. The highest BCUT2D eigenvalue weighted by Gasteiger charge is 2.62. The van der Waals surface area contributed by atoms with Crippen LogP contribution in [0, 0.1) is 16.7 Å². The van der Waals surface area contributed by atoms with Gasteiger partial charge in [0.05, 0.1) is 6.61 Å². The first-order valence-corrected chi connectivity index (χ1v) is 9.27. The Kier molecular flexibility index (Phi) is 3.77. The molecule has 1 aromatic heterocycles. The first-order valence-electron chi connectivity index (χ1n) is 9.27. The van der Waals surface area contributed by atoms with Crippen LogP contribution >= 0.6 is 0 Å². The van der Waals surface area contributed by atoms with Crippen LogP contribution in [0.4, 0.5) is 0 Å². The number of aryl methyl sites for hydroxylation is 1. The van der Waals surface area contributed by atoms with Crippen molar-refractivity contribution in [1.29, 1.82) is 0 Å². The van der Waals surface area contributed by atoms with Crippen LogP contribution in [0.5, 0.6) is 0 Å². The van der Waals surface area contributed by atoms with Crippen LogP contribution in [-0.2, 0) is 17.8 Å².